The number of benzene rings is 1. The van der Waals surface area contributed by atoms with Gasteiger partial charge in [-0.1, -0.05) is 18.6 Å². The van der Waals surface area contributed by atoms with Crippen molar-refractivity contribution in [1.29, 1.82) is 0 Å². The van der Waals surface area contributed by atoms with Crippen molar-refractivity contribution in [2.45, 2.75) is 63.6 Å². The van der Waals surface area contributed by atoms with Crippen LogP contribution in [0, 0.1) is 5.92 Å². The van der Waals surface area contributed by atoms with Gasteiger partial charge in [-0.05, 0) is 68.8 Å². The minimum atomic E-state index is -0.644. The fourth-order valence-corrected chi connectivity index (χ4v) is 5.26. The van der Waals surface area contributed by atoms with Gasteiger partial charge in [0.1, 0.15) is 11.8 Å². The van der Waals surface area contributed by atoms with E-state index in [0.29, 0.717) is 24.9 Å². The number of amides is 4. The third-order valence-corrected chi connectivity index (χ3v) is 7.06. The maximum Gasteiger partial charge on any atom is 0.325 e. The van der Waals surface area contributed by atoms with Crippen LogP contribution in [0.4, 0.5) is 4.79 Å². The summed E-state index contributed by atoms with van der Waals surface area (Å²) < 4.78 is 5.14. The zero-order valence-electron chi connectivity index (χ0n) is 18.8. The van der Waals surface area contributed by atoms with Gasteiger partial charge in [0.05, 0.1) is 13.7 Å². The highest BCUT2D eigenvalue weighted by molar-refractivity contribution is 6.04. The van der Waals surface area contributed by atoms with Crippen LogP contribution < -0.4 is 15.4 Å². The molecule has 0 aliphatic carbocycles. The smallest absolute Gasteiger partial charge is 0.325 e. The molecule has 3 atom stereocenters. The Kier molecular flexibility index (Phi) is 7.29. The van der Waals surface area contributed by atoms with Crippen molar-refractivity contribution < 1.29 is 19.1 Å². The zero-order valence-corrected chi connectivity index (χ0v) is 18.8. The van der Waals surface area contributed by atoms with Crippen molar-refractivity contribution in [2.24, 2.45) is 5.92 Å². The summed E-state index contributed by atoms with van der Waals surface area (Å²) in [6.45, 7) is 3.28. The number of nitrogens with one attached hydrogen (secondary N) is 2. The van der Waals surface area contributed by atoms with Gasteiger partial charge in [-0.15, -0.1) is 0 Å². The number of hydrogen-bond acceptors (Lipinski definition) is 5. The summed E-state index contributed by atoms with van der Waals surface area (Å²) >= 11 is 0. The first kappa shape index (κ1) is 22.6. The summed E-state index contributed by atoms with van der Waals surface area (Å²) in [6.07, 6.45) is 6.70. The van der Waals surface area contributed by atoms with Gasteiger partial charge in [0.15, 0.2) is 0 Å². The summed E-state index contributed by atoms with van der Waals surface area (Å²) in [5.74, 6) is 0.914. The van der Waals surface area contributed by atoms with Crippen molar-refractivity contribution in [1.82, 2.24) is 20.4 Å². The van der Waals surface area contributed by atoms with Crippen LogP contribution in [0.1, 0.15) is 50.5 Å². The quantitative estimate of drug-likeness (QED) is 0.603. The lowest BCUT2D eigenvalue weighted by Gasteiger charge is -2.44. The molecule has 0 aromatic heterocycles. The van der Waals surface area contributed by atoms with Crippen molar-refractivity contribution in [3.8, 4) is 5.75 Å². The Bertz CT molecular complexity index is 826. The van der Waals surface area contributed by atoms with Crippen molar-refractivity contribution in [3.05, 3.63) is 29.8 Å². The van der Waals surface area contributed by atoms with E-state index in [-0.39, 0.29) is 24.8 Å². The molecule has 3 fully saturated rings. The van der Waals surface area contributed by atoms with Gasteiger partial charge >= 0.3 is 6.03 Å². The molecule has 1 aromatic carbocycles. The summed E-state index contributed by atoms with van der Waals surface area (Å²) in [4.78, 5) is 41.2. The molecule has 4 rings (SSSR count). The number of methoxy groups -OCH3 is 1. The molecule has 4 amide bonds. The summed E-state index contributed by atoms with van der Waals surface area (Å²) in [7, 11) is 1.59. The standard InChI is InChI=1S/C24H34N4O4/c1-32-19-9-7-17(8-10-19)16-28-23(30)20(26-24(28)31)11-12-22(29)25-15-18-5-4-14-27-13-3-2-6-21(18)27/h7-10,18,20-21H,2-6,11-16H2,1H3,(H,25,29)(H,26,31)/t18-,20?,21+/m0/s1. The number of hydrogen-bond donors (Lipinski definition) is 2. The van der Waals surface area contributed by atoms with E-state index in [0.717, 1.165) is 11.3 Å². The monoisotopic (exact) mass is 442 g/mol. The molecule has 8 heteroatoms. The molecule has 3 aliphatic rings. The number of imide groups is 1. The molecule has 2 N–H and O–H groups in total. The molecule has 0 spiro atoms. The lowest BCUT2D eigenvalue weighted by molar-refractivity contribution is -0.128. The second-order valence-electron chi connectivity index (χ2n) is 9.12. The molecule has 32 heavy (non-hydrogen) atoms. The first-order chi connectivity index (χ1) is 15.5. The van der Waals surface area contributed by atoms with Gasteiger partial charge in [-0.25, -0.2) is 4.79 Å². The van der Waals surface area contributed by atoms with Crippen LogP contribution in [-0.4, -0.2) is 66.5 Å². The van der Waals surface area contributed by atoms with E-state index in [9.17, 15) is 14.4 Å². The number of ether oxygens (including phenoxy) is 1. The third-order valence-electron chi connectivity index (χ3n) is 7.06. The van der Waals surface area contributed by atoms with Crippen molar-refractivity contribution in [3.63, 3.8) is 0 Å². The zero-order chi connectivity index (χ0) is 22.5. The molecule has 174 valence electrons. The normalized spacial score (nSPS) is 25.9. The minimum Gasteiger partial charge on any atom is -0.497 e. The lowest BCUT2D eigenvalue weighted by atomic mass is 9.83. The van der Waals surface area contributed by atoms with E-state index in [4.69, 9.17) is 4.74 Å². The van der Waals surface area contributed by atoms with Gasteiger partial charge in [0.25, 0.3) is 5.91 Å². The number of piperidine rings is 2. The van der Waals surface area contributed by atoms with Crippen LogP contribution in [-0.2, 0) is 16.1 Å². The molecule has 3 aliphatic heterocycles. The van der Waals surface area contributed by atoms with Crippen LogP contribution in [0.3, 0.4) is 0 Å². The molecule has 3 saturated heterocycles. The van der Waals surface area contributed by atoms with E-state index in [1.54, 1.807) is 19.2 Å². The number of urea groups is 1. The molecular formula is C24H34N4O4. The number of carbonyl (C=O) groups excluding carboxylic acids is 3. The highest BCUT2D eigenvalue weighted by Gasteiger charge is 2.38. The molecule has 0 radical (unpaired) electrons. The van der Waals surface area contributed by atoms with Gasteiger partial charge in [-0.2, -0.15) is 0 Å². The fourth-order valence-electron chi connectivity index (χ4n) is 5.26. The van der Waals surface area contributed by atoms with Crippen molar-refractivity contribution >= 4 is 17.8 Å². The van der Waals surface area contributed by atoms with Crippen LogP contribution in [0.15, 0.2) is 24.3 Å². The third kappa shape index (κ3) is 5.23. The number of fused-ring (bicyclic) bond motifs is 1. The Morgan fingerprint density at radius 2 is 1.91 bits per heavy atom. The first-order valence-electron chi connectivity index (χ1n) is 11.8. The molecule has 0 saturated carbocycles. The molecular weight excluding hydrogens is 408 g/mol. The van der Waals surface area contributed by atoms with Gasteiger partial charge in [-0.3, -0.25) is 14.5 Å². The second kappa shape index (κ2) is 10.3. The Labute approximate surface area is 189 Å². The Hall–Kier alpha value is -2.61. The van der Waals surface area contributed by atoms with Crippen LogP contribution in [0.25, 0.3) is 0 Å². The van der Waals surface area contributed by atoms with E-state index in [2.05, 4.69) is 15.5 Å². The molecule has 0 bridgehead atoms. The highest BCUT2D eigenvalue weighted by Crippen LogP contribution is 2.30. The van der Waals surface area contributed by atoms with Crippen LogP contribution in [0.2, 0.25) is 0 Å². The minimum absolute atomic E-state index is 0.0476. The van der Waals surface area contributed by atoms with Crippen molar-refractivity contribution in [2.75, 3.05) is 26.7 Å². The maximum absolute atomic E-state index is 12.7. The van der Waals surface area contributed by atoms with E-state index in [1.807, 2.05) is 12.1 Å². The second-order valence-corrected chi connectivity index (χ2v) is 9.12. The molecule has 1 aromatic rings. The predicted molar refractivity (Wildman–Crippen MR) is 120 cm³/mol. The topological polar surface area (TPSA) is 91.0 Å². The largest absolute Gasteiger partial charge is 0.497 e. The summed E-state index contributed by atoms with van der Waals surface area (Å²) in [6, 6.07) is 6.81. The average Bonchev–Trinajstić information content (AvgIpc) is 3.09. The van der Waals surface area contributed by atoms with E-state index < -0.39 is 12.1 Å². The SMILES string of the molecule is COc1ccc(CN2C(=O)NC(CCC(=O)NC[C@@H]3CCCN4CCCC[C@H]34)C2=O)cc1. The number of rotatable bonds is 8. The van der Waals surface area contributed by atoms with Crippen LogP contribution in [0.5, 0.6) is 5.75 Å². The average molecular weight is 443 g/mol. The Morgan fingerprint density at radius 3 is 2.69 bits per heavy atom. The van der Waals surface area contributed by atoms with Gasteiger partial charge in [0, 0.05) is 19.0 Å². The Morgan fingerprint density at radius 1 is 1.12 bits per heavy atom. The van der Waals surface area contributed by atoms with Gasteiger partial charge < -0.3 is 20.3 Å². The van der Waals surface area contributed by atoms with E-state index >= 15 is 0 Å². The molecule has 8 nitrogen and oxygen atoms in total. The molecule has 3 heterocycles. The highest BCUT2D eigenvalue weighted by atomic mass is 16.5. The number of nitrogens with zero attached hydrogens (tertiary/aromatic N) is 2. The van der Waals surface area contributed by atoms with E-state index in [1.165, 1.54) is 50.1 Å². The maximum atomic E-state index is 12.7. The van der Waals surface area contributed by atoms with Crippen LogP contribution >= 0.6 is 0 Å². The van der Waals surface area contributed by atoms with Gasteiger partial charge in [0.2, 0.25) is 5.91 Å². The summed E-state index contributed by atoms with van der Waals surface area (Å²) in [5.41, 5.74) is 0.844. The summed E-state index contributed by atoms with van der Waals surface area (Å²) in [5, 5.41) is 5.80. The first-order valence-corrected chi connectivity index (χ1v) is 11.8. The number of carbonyl (C=O) groups is 3. The lowest BCUT2D eigenvalue weighted by Crippen LogP contribution is -2.51. The Balaban J connectivity index is 1.22. The molecule has 1 unspecified atom stereocenters. The fraction of sp³-hybridized carbons (Fsp3) is 0.625. The predicted octanol–water partition coefficient (Wildman–Crippen LogP) is 2.28.